The Bertz CT molecular complexity index is 1510. The largest absolute Gasteiger partial charge is 0.454 e. The second kappa shape index (κ2) is 7.76. The first-order chi connectivity index (χ1) is 15.8. The third-order valence-corrected chi connectivity index (χ3v) is 6.48. The van der Waals surface area contributed by atoms with Crippen LogP contribution in [0.3, 0.4) is 0 Å². The molecule has 0 bridgehead atoms. The molecule has 0 saturated carbocycles. The predicted molar refractivity (Wildman–Crippen MR) is 123 cm³/mol. The summed E-state index contributed by atoms with van der Waals surface area (Å²) < 4.78 is 18.5. The zero-order chi connectivity index (χ0) is 21.5. The van der Waals surface area contributed by atoms with Crippen molar-refractivity contribution in [1.82, 2.24) is 9.55 Å². The Morgan fingerprint density at radius 2 is 1.72 bits per heavy atom. The quantitative estimate of drug-likeness (QED) is 0.275. The Kier molecular flexibility index (Phi) is 4.61. The van der Waals surface area contributed by atoms with Crippen molar-refractivity contribution >= 4 is 33.8 Å². The van der Waals surface area contributed by atoms with Crippen molar-refractivity contribution < 1.29 is 13.9 Å². The molecule has 6 nitrogen and oxygen atoms in total. The Morgan fingerprint density at radius 3 is 2.62 bits per heavy atom. The highest BCUT2D eigenvalue weighted by atomic mass is 32.2. The number of aromatic nitrogens is 2. The summed E-state index contributed by atoms with van der Waals surface area (Å²) in [7, 11) is 0. The summed E-state index contributed by atoms with van der Waals surface area (Å²) in [6.45, 7) is 0.565. The highest BCUT2D eigenvalue weighted by Gasteiger charge is 2.19. The van der Waals surface area contributed by atoms with Crippen molar-refractivity contribution in [3.8, 4) is 11.5 Å². The SMILES string of the molecule is O=c1c2oc3ccccc3c2nc(SCc2ccccc2)n1Cc1ccc2c(c1)OCO2. The van der Waals surface area contributed by atoms with E-state index < -0.39 is 0 Å². The summed E-state index contributed by atoms with van der Waals surface area (Å²) in [5.41, 5.74) is 3.43. The number of thioether (sulfide) groups is 1. The smallest absolute Gasteiger partial charge is 0.298 e. The van der Waals surface area contributed by atoms with Gasteiger partial charge in [-0.25, -0.2) is 4.98 Å². The van der Waals surface area contributed by atoms with Gasteiger partial charge in [-0.05, 0) is 35.4 Å². The van der Waals surface area contributed by atoms with Crippen LogP contribution in [0.15, 0.2) is 87.2 Å². The molecule has 0 N–H and O–H groups in total. The third kappa shape index (κ3) is 3.31. The van der Waals surface area contributed by atoms with E-state index in [1.165, 1.54) is 5.56 Å². The molecule has 6 rings (SSSR count). The highest BCUT2D eigenvalue weighted by molar-refractivity contribution is 7.98. The highest BCUT2D eigenvalue weighted by Crippen LogP contribution is 2.33. The summed E-state index contributed by atoms with van der Waals surface area (Å²) in [6, 6.07) is 23.5. The Hall–Kier alpha value is -3.71. The minimum atomic E-state index is -0.195. The molecule has 3 aromatic carbocycles. The normalized spacial score (nSPS) is 12.6. The van der Waals surface area contributed by atoms with E-state index in [4.69, 9.17) is 18.9 Å². The van der Waals surface area contributed by atoms with Crippen molar-refractivity contribution in [3.63, 3.8) is 0 Å². The van der Waals surface area contributed by atoms with Crippen molar-refractivity contribution in [1.29, 1.82) is 0 Å². The average Bonchev–Trinajstić information content (AvgIpc) is 3.45. The summed E-state index contributed by atoms with van der Waals surface area (Å²) in [5.74, 6) is 2.10. The maximum absolute atomic E-state index is 13.5. The average molecular weight is 442 g/mol. The van der Waals surface area contributed by atoms with Gasteiger partial charge in [0.05, 0.1) is 6.54 Å². The molecular weight excluding hydrogens is 424 g/mol. The number of hydrogen-bond donors (Lipinski definition) is 0. The van der Waals surface area contributed by atoms with Crippen LogP contribution in [0, 0.1) is 0 Å². The molecule has 2 aromatic heterocycles. The van der Waals surface area contributed by atoms with Gasteiger partial charge in [0, 0.05) is 11.1 Å². The van der Waals surface area contributed by atoms with Crippen molar-refractivity contribution in [2.75, 3.05) is 6.79 Å². The van der Waals surface area contributed by atoms with E-state index in [1.54, 1.807) is 16.3 Å². The summed E-state index contributed by atoms with van der Waals surface area (Å²) in [6.07, 6.45) is 0. The standard InChI is InChI=1S/C25H18N2O4S/c28-24-23-22(18-8-4-5-9-19(18)31-23)26-25(32-14-16-6-2-1-3-7-16)27(24)13-17-10-11-20-21(12-17)30-15-29-20/h1-12H,13-15H2. The molecule has 158 valence electrons. The van der Waals surface area contributed by atoms with Crippen molar-refractivity contribution in [2.45, 2.75) is 17.5 Å². The molecule has 0 amide bonds. The summed E-state index contributed by atoms with van der Waals surface area (Å²) in [4.78, 5) is 18.4. The van der Waals surface area contributed by atoms with Gasteiger partial charge >= 0.3 is 0 Å². The van der Waals surface area contributed by atoms with Gasteiger partial charge in [-0.1, -0.05) is 60.3 Å². The first-order valence-corrected chi connectivity index (χ1v) is 11.2. The zero-order valence-electron chi connectivity index (χ0n) is 17.0. The van der Waals surface area contributed by atoms with Gasteiger partial charge in [0.25, 0.3) is 5.56 Å². The van der Waals surface area contributed by atoms with Crippen molar-refractivity contribution in [2.24, 2.45) is 0 Å². The van der Waals surface area contributed by atoms with E-state index in [0.717, 1.165) is 10.9 Å². The predicted octanol–water partition coefficient (Wildman–Crippen LogP) is 5.21. The fraction of sp³-hybridized carbons (Fsp3) is 0.120. The fourth-order valence-electron chi connectivity index (χ4n) is 3.85. The number of rotatable bonds is 5. The maximum atomic E-state index is 13.5. The first kappa shape index (κ1) is 19.0. The van der Waals surface area contributed by atoms with Gasteiger partial charge in [-0.3, -0.25) is 9.36 Å². The van der Waals surface area contributed by atoms with Gasteiger partial charge in [-0.15, -0.1) is 0 Å². The van der Waals surface area contributed by atoms with E-state index in [2.05, 4.69) is 12.1 Å². The van der Waals surface area contributed by atoms with Gasteiger partial charge < -0.3 is 13.9 Å². The molecule has 1 aliphatic rings. The van der Waals surface area contributed by atoms with E-state index in [0.29, 0.717) is 40.1 Å². The molecule has 0 spiro atoms. The lowest BCUT2D eigenvalue weighted by molar-refractivity contribution is 0.174. The summed E-state index contributed by atoms with van der Waals surface area (Å²) in [5, 5.41) is 1.49. The lowest BCUT2D eigenvalue weighted by atomic mass is 10.2. The number of nitrogens with zero attached hydrogens (tertiary/aromatic N) is 2. The lowest BCUT2D eigenvalue weighted by Gasteiger charge is -2.12. The second-order valence-corrected chi connectivity index (χ2v) is 8.47. The second-order valence-electron chi connectivity index (χ2n) is 7.52. The van der Waals surface area contributed by atoms with E-state index >= 15 is 0 Å². The van der Waals surface area contributed by atoms with Crippen molar-refractivity contribution in [3.05, 3.63) is 94.3 Å². The minimum absolute atomic E-state index is 0.195. The van der Waals surface area contributed by atoms with Gasteiger partial charge in [0.1, 0.15) is 11.1 Å². The zero-order valence-corrected chi connectivity index (χ0v) is 17.8. The van der Waals surface area contributed by atoms with Crippen LogP contribution in [0.5, 0.6) is 11.5 Å². The van der Waals surface area contributed by atoms with E-state index in [-0.39, 0.29) is 17.9 Å². The third-order valence-electron chi connectivity index (χ3n) is 5.44. The molecule has 0 fully saturated rings. The van der Waals surface area contributed by atoms with Crippen LogP contribution in [0.1, 0.15) is 11.1 Å². The molecule has 3 heterocycles. The van der Waals surface area contributed by atoms with Gasteiger partial charge in [0.15, 0.2) is 16.7 Å². The molecule has 5 aromatic rings. The number of para-hydroxylation sites is 1. The number of ether oxygens (including phenoxy) is 2. The monoisotopic (exact) mass is 442 g/mol. The van der Waals surface area contributed by atoms with Gasteiger partial charge in [0.2, 0.25) is 12.4 Å². The van der Waals surface area contributed by atoms with Crippen LogP contribution in [-0.4, -0.2) is 16.3 Å². The van der Waals surface area contributed by atoms with Gasteiger partial charge in [-0.2, -0.15) is 0 Å². The maximum Gasteiger partial charge on any atom is 0.298 e. The number of furan rings is 1. The number of hydrogen-bond acceptors (Lipinski definition) is 6. The Balaban J connectivity index is 1.47. The Morgan fingerprint density at radius 1 is 0.906 bits per heavy atom. The van der Waals surface area contributed by atoms with Crippen LogP contribution >= 0.6 is 11.8 Å². The minimum Gasteiger partial charge on any atom is -0.454 e. The Labute approximate surface area is 187 Å². The molecule has 32 heavy (non-hydrogen) atoms. The molecule has 0 aliphatic carbocycles. The number of benzene rings is 3. The molecule has 0 unspecified atom stereocenters. The topological polar surface area (TPSA) is 66.5 Å². The lowest BCUT2D eigenvalue weighted by Crippen LogP contribution is -2.23. The summed E-state index contributed by atoms with van der Waals surface area (Å²) >= 11 is 1.54. The first-order valence-electron chi connectivity index (χ1n) is 10.2. The van der Waals surface area contributed by atoms with Crippen LogP contribution in [0.4, 0.5) is 0 Å². The van der Waals surface area contributed by atoms with E-state index in [9.17, 15) is 4.79 Å². The van der Waals surface area contributed by atoms with Crippen LogP contribution in [-0.2, 0) is 12.3 Å². The molecule has 0 atom stereocenters. The van der Waals surface area contributed by atoms with Crippen LogP contribution in [0.25, 0.3) is 22.1 Å². The molecule has 1 aliphatic heterocycles. The molecule has 0 radical (unpaired) electrons. The van der Waals surface area contributed by atoms with Crippen LogP contribution < -0.4 is 15.0 Å². The number of fused-ring (bicyclic) bond motifs is 4. The molecular formula is C25H18N2O4S. The molecule has 0 saturated heterocycles. The molecule has 7 heteroatoms. The van der Waals surface area contributed by atoms with Crippen LogP contribution in [0.2, 0.25) is 0 Å². The fourth-order valence-corrected chi connectivity index (χ4v) is 4.79. The van der Waals surface area contributed by atoms with E-state index in [1.807, 2.05) is 60.7 Å².